The third-order valence-corrected chi connectivity index (χ3v) is 6.55. The predicted octanol–water partition coefficient (Wildman–Crippen LogP) is 2.67. The number of fused-ring (bicyclic) bond motifs is 2. The normalized spacial score (nSPS) is 16.1. The largest absolute Gasteiger partial charge is 0.490 e. The molecule has 0 aromatic heterocycles. The Labute approximate surface area is 162 Å². The van der Waals surface area contributed by atoms with Gasteiger partial charge in [-0.3, -0.25) is 9.10 Å². The van der Waals surface area contributed by atoms with Gasteiger partial charge in [0.1, 0.15) is 24.7 Å². The molecule has 0 N–H and O–H groups in total. The van der Waals surface area contributed by atoms with Crippen LogP contribution in [0.25, 0.3) is 0 Å². The third-order valence-electron chi connectivity index (χ3n) is 4.50. The number of hydrogen-bond donors (Lipinski definition) is 0. The summed E-state index contributed by atoms with van der Waals surface area (Å²) in [5.41, 5.74) is 0.848. The molecule has 2 aromatic carbocycles. The van der Waals surface area contributed by atoms with E-state index >= 15 is 0 Å². The summed E-state index contributed by atoms with van der Waals surface area (Å²) in [6.45, 7) is 2.59. The van der Waals surface area contributed by atoms with E-state index in [0.717, 1.165) is 0 Å². The number of halogens is 1. The number of nitrogens with zero attached hydrogens (tertiary/aromatic N) is 2. The number of ether oxygens (including phenoxy) is 2. The first-order chi connectivity index (χ1) is 12.9. The lowest BCUT2D eigenvalue weighted by atomic mass is 10.2. The zero-order chi connectivity index (χ0) is 19.2. The summed E-state index contributed by atoms with van der Waals surface area (Å²) in [6.07, 6.45) is 0. The van der Waals surface area contributed by atoms with Gasteiger partial charge in [-0.1, -0.05) is 11.6 Å². The number of sulfonamides is 1. The van der Waals surface area contributed by atoms with Crippen LogP contribution < -0.4 is 18.7 Å². The topological polar surface area (TPSA) is 76.2 Å². The Morgan fingerprint density at radius 2 is 1.67 bits per heavy atom. The van der Waals surface area contributed by atoms with Crippen LogP contribution in [0.3, 0.4) is 0 Å². The van der Waals surface area contributed by atoms with E-state index in [9.17, 15) is 13.2 Å². The number of hydrogen-bond acceptors (Lipinski definition) is 5. The molecular formula is C18H17ClN2O5S. The summed E-state index contributed by atoms with van der Waals surface area (Å²) >= 11 is 6.05. The van der Waals surface area contributed by atoms with Crippen molar-refractivity contribution in [2.45, 2.75) is 11.8 Å². The lowest BCUT2D eigenvalue weighted by Crippen LogP contribution is -2.39. The van der Waals surface area contributed by atoms with Crippen molar-refractivity contribution >= 4 is 38.9 Å². The Morgan fingerprint density at radius 1 is 1.00 bits per heavy atom. The lowest BCUT2D eigenvalue weighted by Gasteiger charge is -2.32. The Balaban J connectivity index is 1.79. The second kappa shape index (κ2) is 6.61. The number of carbonyl (C=O) groups is 1. The maximum atomic E-state index is 13.3. The molecule has 0 bridgehead atoms. The van der Waals surface area contributed by atoms with Crippen molar-refractivity contribution < 1.29 is 22.7 Å². The molecule has 0 radical (unpaired) electrons. The maximum Gasteiger partial charge on any atom is 0.264 e. The van der Waals surface area contributed by atoms with Crippen molar-refractivity contribution in [2.75, 3.05) is 35.5 Å². The molecule has 0 saturated carbocycles. The van der Waals surface area contributed by atoms with Gasteiger partial charge in [0.15, 0.2) is 0 Å². The first kappa shape index (κ1) is 17.9. The Morgan fingerprint density at radius 3 is 2.41 bits per heavy atom. The van der Waals surface area contributed by atoms with Gasteiger partial charge in [-0.25, -0.2) is 8.42 Å². The van der Waals surface area contributed by atoms with Gasteiger partial charge in [-0.15, -0.1) is 0 Å². The molecule has 2 aliphatic rings. The first-order valence-electron chi connectivity index (χ1n) is 8.38. The molecule has 27 heavy (non-hydrogen) atoms. The molecule has 4 rings (SSSR count). The van der Waals surface area contributed by atoms with Crippen molar-refractivity contribution in [3.63, 3.8) is 0 Å². The fraction of sp³-hybridized carbons (Fsp3) is 0.278. The second-order valence-electron chi connectivity index (χ2n) is 6.19. The molecule has 0 atom stereocenters. The molecule has 0 unspecified atom stereocenters. The lowest BCUT2D eigenvalue weighted by molar-refractivity contribution is -0.116. The number of anilines is 2. The van der Waals surface area contributed by atoms with Crippen LogP contribution in [0.1, 0.15) is 6.92 Å². The summed E-state index contributed by atoms with van der Waals surface area (Å²) < 4.78 is 39.0. The highest BCUT2D eigenvalue weighted by atomic mass is 35.5. The molecule has 0 fully saturated rings. The van der Waals surface area contributed by atoms with E-state index in [0.29, 0.717) is 41.0 Å². The molecule has 0 spiro atoms. The van der Waals surface area contributed by atoms with E-state index in [2.05, 4.69) is 0 Å². The monoisotopic (exact) mass is 408 g/mol. The average molecular weight is 409 g/mol. The van der Waals surface area contributed by atoms with Gasteiger partial charge < -0.3 is 14.4 Å². The third kappa shape index (κ3) is 3.08. The molecule has 0 aliphatic carbocycles. The van der Waals surface area contributed by atoms with Gasteiger partial charge in [0.25, 0.3) is 10.0 Å². The highest BCUT2D eigenvalue weighted by molar-refractivity contribution is 7.92. The minimum atomic E-state index is -3.87. The van der Waals surface area contributed by atoms with Crippen LogP contribution in [0.4, 0.5) is 11.4 Å². The fourth-order valence-electron chi connectivity index (χ4n) is 3.23. The van der Waals surface area contributed by atoms with E-state index < -0.39 is 10.0 Å². The van der Waals surface area contributed by atoms with Crippen LogP contribution in [0.2, 0.25) is 5.02 Å². The van der Waals surface area contributed by atoms with Gasteiger partial charge >= 0.3 is 0 Å². The molecule has 2 aromatic rings. The zero-order valence-corrected chi connectivity index (χ0v) is 16.1. The smallest absolute Gasteiger partial charge is 0.264 e. The minimum absolute atomic E-state index is 0.0748. The van der Waals surface area contributed by atoms with E-state index in [1.165, 1.54) is 28.3 Å². The van der Waals surface area contributed by atoms with Crippen LogP contribution in [0.15, 0.2) is 41.3 Å². The zero-order valence-electron chi connectivity index (χ0n) is 14.5. The summed E-state index contributed by atoms with van der Waals surface area (Å²) in [5.74, 6) is 0.777. The van der Waals surface area contributed by atoms with Gasteiger partial charge in [-0.2, -0.15) is 0 Å². The van der Waals surface area contributed by atoms with Gasteiger partial charge in [0, 0.05) is 11.9 Å². The Bertz CT molecular complexity index is 1020. The first-order valence-corrected chi connectivity index (χ1v) is 10.2. The Hall–Kier alpha value is -2.45. The SMILES string of the molecule is CC(=O)N1CCOc2ccc(S(=O)(=O)N3CCOc4ccc(Cl)cc43)cc21. The van der Waals surface area contributed by atoms with Crippen molar-refractivity contribution in [3.8, 4) is 11.5 Å². The standard InChI is InChI=1S/C18H17ClN2O5S/c1-12(22)20-6-8-25-17-5-3-14(11-15(17)20)27(23,24)21-7-9-26-18-4-2-13(19)10-16(18)21/h2-5,10-11H,6-9H2,1H3. The van der Waals surface area contributed by atoms with Gasteiger partial charge in [0.05, 0.1) is 29.4 Å². The average Bonchev–Trinajstić information content (AvgIpc) is 2.66. The highest BCUT2D eigenvalue weighted by Crippen LogP contribution is 2.39. The molecule has 7 nitrogen and oxygen atoms in total. The van der Waals surface area contributed by atoms with Crippen molar-refractivity contribution in [2.24, 2.45) is 0 Å². The summed E-state index contributed by atoms with van der Waals surface area (Å²) in [7, 11) is -3.87. The molecule has 1 amide bonds. The number of carbonyl (C=O) groups excluding carboxylic acids is 1. The molecule has 2 aliphatic heterocycles. The second-order valence-corrected chi connectivity index (χ2v) is 8.49. The van der Waals surface area contributed by atoms with Crippen LogP contribution in [-0.4, -0.2) is 40.6 Å². The van der Waals surface area contributed by atoms with E-state index in [1.807, 2.05) is 0 Å². The van der Waals surface area contributed by atoms with Crippen LogP contribution >= 0.6 is 11.6 Å². The quantitative estimate of drug-likeness (QED) is 0.763. The van der Waals surface area contributed by atoms with Crippen molar-refractivity contribution in [1.29, 1.82) is 0 Å². The molecule has 2 heterocycles. The minimum Gasteiger partial charge on any atom is -0.490 e. The maximum absolute atomic E-state index is 13.3. The van der Waals surface area contributed by atoms with Gasteiger partial charge in [-0.05, 0) is 36.4 Å². The van der Waals surface area contributed by atoms with E-state index in [1.54, 1.807) is 24.3 Å². The van der Waals surface area contributed by atoms with Crippen LogP contribution in [0.5, 0.6) is 11.5 Å². The van der Waals surface area contributed by atoms with Crippen LogP contribution in [-0.2, 0) is 14.8 Å². The fourth-order valence-corrected chi connectivity index (χ4v) is 4.87. The summed E-state index contributed by atoms with van der Waals surface area (Å²) in [5, 5.41) is 0.418. The van der Waals surface area contributed by atoms with Crippen LogP contribution in [0, 0.1) is 0 Å². The summed E-state index contributed by atoms with van der Waals surface area (Å²) in [4.78, 5) is 13.5. The van der Waals surface area contributed by atoms with Crippen molar-refractivity contribution in [1.82, 2.24) is 0 Å². The van der Waals surface area contributed by atoms with Crippen molar-refractivity contribution in [3.05, 3.63) is 41.4 Å². The summed E-state index contributed by atoms with van der Waals surface area (Å²) in [6, 6.07) is 9.41. The number of benzene rings is 2. The number of amides is 1. The Kier molecular flexibility index (Phi) is 4.39. The predicted molar refractivity (Wildman–Crippen MR) is 101 cm³/mol. The molecule has 9 heteroatoms. The van der Waals surface area contributed by atoms with Gasteiger partial charge in [0.2, 0.25) is 5.91 Å². The van der Waals surface area contributed by atoms with E-state index in [4.69, 9.17) is 21.1 Å². The molecule has 0 saturated heterocycles. The number of rotatable bonds is 2. The molecular weight excluding hydrogens is 392 g/mol. The van der Waals surface area contributed by atoms with E-state index in [-0.39, 0.29) is 24.0 Å². The molecule has 142 valence electrons. The highest BCUT2D eigenvalue weighted by Gasteiger charge is 2.32.